The van der Waals surface area contributed by atoms with E-state index in [0.29, 0.717) is 17.5 Å². The predicted octanol–water partition coefficient (Wildman–Crippen LogP) is 13.2. The molecule has 0 saturated heterocycles. The molecular weight excluding hydrogens is 685 g/mol. The van der Waals surface area contributed by atoms with Crippen LogP contribution in [0, 0.1) is 0 Å². The lowest BCUT2D eigenvalue weighted by atomic mass is 9.94. The Morgan fingerprint density at radius 2 is 0.929 bits per heavy atom. The average Bonchev–Trinajstić information content (AvgIpc) is 3.83. The third-order valence-corrected chi connectivity index (χ3v) is 10.6. The van der Waals surface area contributed by atoms with Gasteiger partial charge in [0.05, 0.1) is 11.0 Å². The highest BCUT2D eigenvalue weighted by Gasteiger charge is 2.23. The Morgan fingerprint density at radius 1 is 0.357 bits per heavy atom. The molecule has 0 N–H and O–H groups in total. The molecule has 0 radical (unpaired) electrons. The van der Waals surface area contributed by atoms with E-state index in [0.717, 1.165) is 66.5 Å². The third-order valence-electron chi connectivity index (χ3n) is 10.6. The van der Waals surface area contributed by atoms with E-state index in [9.17, 15) is 0 Å². The zero-order chi connectivity index (χ0) is 37.0. The summed E-state index contributed by atoms with van der Waals surface area (Å²) >= 11 is 0. The van der Waals surface area contributed by atoms with Crippen LogP contribution >= 0.6 is 0 Å². The first-order valence-corrected chi connectivity index (χ1v) is 18.8. The summed E-state index contributed by atoms with van der Waals surface area (Å²) in [6.45, 7) is 0. The number of para-hydroxylation sites is 3. The maximum Gasteiger partial charge on any atom is 0.164 e. The van der Waals surface area contributed by atoms with Gasteiger partial charge in [0, 0.05) is 49.5 Å². The van der Waals surface area contributed by atoms with Gasteiger partial charge in [0.25, 0.3) is 0 Å². The van der Waals surface area contributed by atoms with Gasteiger partial charge in [0.1, 0.15) is 11.2 Å². The van der Waals surface area contributed by atoms with Gasteiger partial charge in [-0.3, -0.25) is 0 Å². The SMILES string of the molecule is c1ccc(-c2ccc3c(c2)c2cccc(-c4cc(-c5nc(-c6ccccc6)nc(-c6ccccc6)n5)cc5oc6ccccc6c45)c2n3-c2ccccc2)cc1. The van der Waals surface area contributed by atoms with Crippen LogP contribution in [0.5, 0.6) is 0 Å². The van der Waals surface area contributed by atoms with Crippen molar-refractivity contribution in [3.8, 4) is 62.1 Å². The van der Waals surface area contributed by atoms with Gasteiger partial charge in [-0.05, 0) is 59.2 Å². The fourth-order valence-electron chi connectivity index (χ4n) is 8.08. The first kappa shape index (κ1) is 31.9. The Kier molecular flexibility index (Phi) is 7.42. The van der Waals surface area contributed by atoms with Gasteiger partial charge in [-0.25, -0.2) is 15.0 Å². The Bertz CT molecular complexity index is 3170. The fraction of sp³-hybridized carbons (Fsp3) is 0. The summed E-state index contributed by atoms with van der Waals surface area (Å²) in [5.74, 6) is 1.80. The maximum absolute atomic E-state index is 6.68. The lowest BCUT2D eigenvalue weighted by Gasteiger charge is -2.14. The number of hydrogen-bond donors (Lipinski definition) is 0. The molecule has 0 spiro atoms. The first-order valence-electron chi connectivity index (χ1n) is 18.8. The lowest BCUT2D eigenvalue weighted by Crippen LogP contribution is -2.00. The molecular formula is C51H32N4O. The lowest BCUT2D eigenvalue weighted by molar-refractivity contribution is 0.669. The highest BCUT2D eigenvalue weighted by molar-refractivity contribution is 6.20. The zero-order valence-corrected chi connectivity index (χ0v) is 30.2. The molecule has 11 rings (SSSR count). The minimum absolute atomic E-state index is 0.574. The van der Waals surface area contributed by atoms with Crippen molar-refractivity contribution in [1.82, 2.24) is 19.5 Å². The highest BCUT2D eigenvalue weighted by atomic mass is 16.3. The second-order valence-corrected chi connectivity index (χ2v) is 14.0. The molecule has 0 aliphatic rings. The van der Waals surface area contributed by atoms with Crippen molar-refractivity contribution in [2.45, 2.75) is 0 Å². The summed E-state index contributed by atoms with van der Waals surface area (Å²) in [5, 5.41) is 4.46. The number of nitrogens with zero attached hydrogens (tertiary/aromatic N) is 4. The summed E-state index contributed by atoms with van der Waals surface area (Å²) in [7, 11) is 0. The van der Waals surface area contributed by atoms with Crippen LogP contribution in [0.3, 0.4) is 0 Å². The van der Waals surface area contributed by atoms with Crippen molar-refractivity contribution >= 4 is 43.7 Å². The van der Waals surface area contributed by atoms with E-state index in [2.05, 4.69) is 126 Å². The normalized spacial score (nSPS) is 11.6. The van der Waals surface area contributed by atoms with Crippen LogP contribution in [-0.4, -0.2) is 19.5 Å². The van der Waals surface area contributed by atoms with E-state index in [1.165, 1.54) is 21.9 Å². The van der Waals surface area contributed by atoms with Gasteiger partial charge >= 0.3 is 0 Å². The Balaban J connectivity index is 1.23. The Hall–Kier alpha value is -7.63. The number of hydrogen-bond acceptors (Lipinski definition) is 4. The molecule has 56 heavy (non-hydrogen) atoms. The van der Waals surface area contributed by atoms with Gasteiger partial charge in [-0.15, -0.1) is 0 Å². The second kappa shape index (κ2) is 13.0. The van der Waals surface area contributed by atoms with Crippen molar-refractivity contribution < 1.29 is 4.42 Å². The monoisotopic (exact) mass is 716 g/mol. The van der Waals surface area contributed by atoms with Gasteiger partial charge in [0.2, 0.25) is 0 Å². The molecule has 3 heterocycles. The summed E-state index contributed by atoms with van der Waals surface area (Å²) in [5.41, 5.74) is 12.1. The van der Waals surface area contributed by atoms with Gasteiger partial charge in [-0.2, -0.15) is 0 Å². The van der Waals surface area contributed by atoms with E-state index < -0.39 is 0 Å². The molecule has 0 amide bonds. The van der Waals surface area contributed by atoms with Crippen LogP contribution in [0.2, 0.25) is 0 Å². The van der Waals surface area contributed by atoms with Crippen LogP contribution in [0.1, 0.15) is 0 Å². The van der Waals surface area contributed by atoms with Gasteiger partial charge in [0.15, 0.2) is 17.5 Å². The van der Waals surface area contributed by atoms with E-state index in [1.54, 1.807) is 0 Å². The van der Waals surface area contributed by atoms with Crippen LogP contribution < -0.4 is 0 Å². The second-order valence-electron chi connectivity index (χ2n) is 14.0. The third kappa shape index (κ3) is 5.29. The molecule has 0 aliphatic heterocycles. The first-order chi connectivity index (χ1) is 27.8. The quantitative estimate of drug-likeness (QED) is 0.172. The highest BCUT2D eigenvalue weighted by Crippen LogP contribution is 2.45. The molecule has 262 valence electrons. The number of fused-ring (bicyclic) bond motifs is 6. The molecule has 0 aliphatic carbocycles. The van der Waals surface area contributed by atoms with Crippen LogP contribution in [0.4, 0.5) is 0 Å². The number of benzene rings is 8. The molecule has 5 nitrogen and oxygen atoms in total. The van der Waals surface area contributed by atoms with E-state index in [4.69, 9.17) is 19.4 Å². The molecule has 0 bridgehead atoms. The smallest absolute Gasteiger partial charge is 0.164 e. The zero-order valence-electron chi connectivity index (χ0n) is 30.2. The van der Waals surface area contributed by atoms with Crippen molar-refractivity contribution in [2.24, 2.45) is 0 Å². The molecule has 5 heteroatoms. The van der Waals surface area contributed by atoms with Gasteiger partial charge in [-0.1, -0.05) is 152 Å². The molecule has 0 unspecified atom stereocenters. The van der Waals surface area contributed by atoms with E-state index in [1.807, 2.05) is 72.8 Å². The fourth-order valence-corrected chi connectivity index (χ4v) is 8.08. The van der Waals surface area contributed by atoms with Crippen LogP contribution in [0.15, 0.2) is 199 Å². The number of rotatable bonds is 6. The van der Waals surface area contributed by atoms with Crippen LogP contribution in [-0.2, 0) is 0 Å². The molecule has 0 fully saturated rings. The molecule has 3 aromatic heterocycles. The number of aromatic nitrogens is 4. The average molecular weight is 717 g/mol. The minimum Gasteiger partial charge on any atom is -0.456 e. The molecule has 0 atom stereocenters. The predicted molar refractivity (Wildman–Crippen MR) is 229 cm³/mol. The molecule has 8 aromatic carbocycles. The van der Waals surface area contributed by atoms with Crippen molar-refractivity contribution in [3.63, 3.8) is 0 Å². The summed E-state index contributed by atoms with van der Waals surface area (Å²) in [6, 6.07) is 67.5. The summed E-state index contributed by atoms with van der Waals surface area (Å²) < 4.78 is 9.08. The summed E-state index contributed by atoms with van der Waals surface area (Å²) in [4.78, 5) is 15.2. The van der Waals surface area contributed by atoms with E-state index in [-0.39, 0.29) is 0 Å². The summed E-state index contributed by atoms with van der Waals surface area (Å²) in [6.07, 6.45) is 0. The standard InChI is InChI=1S/C51H32N4O/c1-5-16-33(17-6-1)36-28-29-44-42(30-36)39-25-15-26-40(48(39)55(44)38-22-11-4-12-23-38)43-31-37(32-46-47(43)41-24-13-14-27-45(41)56-46)51-53-49(34-18-7-2-8-19-34)52-50(54-51)35-20-9-3-10-21-35/h1-32H. The van der Waals surface area contributed by atoms with Crippen LogP contribution in [0.25, 0.3) is 106 Å². The van der Waals surface area contributed by atoms with Crippen molar-refractivity contribution in [1.29, 1.82) is 0 Å². The largest absolute Gasteiger partial charge is 0.456 e. The molecule has 0 saturated carbocycles. The number of furan rings is 1. The van der Waals surface area contributed by atoms with Crippen molar-refractivity contribution in [2.75, 3.05) is 0 Å². The Morgan fingerprint density at radius 3 is 1.61 bits per heavy atom. The Labute approximate surface area is 322 Å². The maximum atomic E-state index is 6.68. The van der Waals surface area contributed by atoms with E-state index >= 15 is 0 Å². The van der Waals surface area contributed by atoms with Crippen molar-refractivity contribution in [3.05, 3.63) is 194 Å². The molecule has 11 aromatic rings. The topological polar surface area (TPSA) is 56.7 Å². The minimum atomic E-state index is 0.574. The van der Waals surface area contributed by atoms with Gasteiger partial charge < -0.3 is 8.98 Å².